The first-order valence-corrected chi connectivity index (χ1v) is 16.9. The number of hydrogen-bond donors (Lipinski definition) is 4. The summed E-state index contributed by atoms with van der Waals surface area (Å²) < 4.78 is 5.54. The monoisotopic (exact) mass is 644 g/mol. The van der Waals surface area contributed by atoms with Gasteiger partial charge < -0.3 is 31.3 Å². The van der Waals surface area contributed by atoms with Gasteiger partial charge in [0.2, 0.25) is 23.6 Å². The van der Waals surface area contributed by atoms with Crippen LogP contribution in [0.4, 0.5) is 0 Å². The van der Waals surface area contributed by atoms with E-state index in [4.69, 9.17) is 10.5 Å². The normalized spacial score (nSPS) is 15.7. The molecule has 1 saturated heterocycles. The number of nitrogens with two attached hydrogens (primary N) is 1. The lowest BCUT2D eigenvalue weighted by molar-refractivity contribution is -0.136. The number of rotatable bonds is 21. The smallest absolute Gasteiger partial charge is 0.325 e. The molecule has 3 unspecified atom stereocenters. The van der Waals surface area contributed by atoms with Crippen molar-refractivity contribution >= 4 is 29.6 Å². The predicted octanol–water partition coefficient (Wildman–Crippen LogP) is 2.14. The summed E-state index contributed by atoms with van der Waals surface area (Å²) in [4.78, 5) is 67.3. The maximum absolute atomic E-state index is 13.6. The van der Waals surface area contributed by atoms with Crippen molar-refractivity contribution in [1.82, 2.24) is 25.8 Å². The average Bonchev–Trinajstić information content (AvgIpc) is 3.02. The van der Waals surface area contributed by atoms with Gasteiger partial charge in [0.1, 0.15) is 17.8 Å². The van der Waals surface area contributed by atoms with E-state index in [1.54, 1.807) is 24.3 Å². The SMILES string of the molecule is CCCCCC(=O)NC(Cc1ccc(OC(=O)CN2CCN(C)CC2)cc1)C(=O)NC(C(=O)NCCCCCC(N)=O)C(C)CC. The molecule has 12 heteroatoms. The topological polar surface area (TPSA) is 163 Å². The van der Waals surface area contributed by atoms with Gasteiger partial charge in [-0.1, -0.05) is 58.6 Å². The summed E-state index contributed by atoms with van der Waals surface area (Å²) in [6.45, 7) is 10.0. The molecule has 0 spiro atoms. The molecule has 1 fully saturated rings. The van der Waals surface area contributed by atoms with Crippen LogP contribution in [0, 0.1) is 5.92 Å². The Kier molecular flexibility index (Phi) is 17.9. The minimum absolute atomic E-state index is 0.139. The van der Waals surface area contributed by atoms with E-state index >= 15 is 0 Å². The first-order valence-electron chi connectivity index (χ1n) is 16.9. The van der Waals surface area contributed by atoms with E-state index in [1.165, 1.54) is 0 Å². The van der Waals surface area contributed by atoms with Gasteiger partial charge in [-0.25, -0.2) is 0 Å². The van der Waals surface area contributed by atoms with E-state index in [1.807, 2.05) is 13.8 Å². The molecule has 3 atom stereocenters. The van der Waals surface area contributed by atoms with Gasteiger partial charge in [-0.05, 0) is 49.9 Å². The van der Waals surface area contributed by atoms with E-state index in [-0.39, 0.29) is 42.6 Å². The van der Waals surface area contributed by atoms with Gasteiger partial charge in [-0.2, -0.15) is 0 Å². The van der Waals surface area contributed by atoms with Gasteiger partial charge in [0.25, 0.3) is 0 Å². The number of piperazine rings is 1. The second-order valence-corrected chi connectivity index (χ2v) is 12.4. The number of benzene rings is 1. The molecule has 0 radical (unpaired) electrons. The molecular weight excluding hydrogens is 588 g/mol. The highest BCUT2D eigenvalue weighted by molar-refractivity contribution is 5.92. The summed E-state index contributed by atoms with van der Waals surface area (Å²) >= 11 is 0. The number of amides is 4. The second kappa shape index (κ2) is 21.3. The third-order valence-electron chi connectivity index (χ3n) is 8.39. The first-order chi connectivity index (χ1) is 22.0. The molecule has 0 aliphatic carbocycles. The Morgan fingerprint density at radius 3 is 2.17 bits per heavy atom. The number of hydrogen-bond acceptors (Lipinski definition) is 8. The van der Waals surface area contributed by atoms with Gasteiger partial charge in [0.05, 0.1) is 6.54 Å². The number of primary amides is 1. The van der Waals surface area contributed by atoms with Crippen molar-refractivity contribution in [2.24, 2.45) is 11.7 Å². The third kappa shape index (κ3) is 15.2. The fraction of sp³-hybridized carbons (Fsp3) is 0.676. The van der Waals surface area contributed by atoms with Crippen LogP contribution in [0.5, 0.6) is 5.75 Å². The Labute approximate surface area is 274 Å². The second-order valence-electron chi connectivity index (χ2n) is 12.4. The zero-order valence-corrected chi connectivity index (χ0v) is 28.3. The zero-order valence-electron chi connectivity index (χ0n) is 28.3. The van der Waals surface area contributed by atoms with Crippen LogP contribution in [-0.4, -0.2) is 97.8 Å². The molecule has 4 amide bonds. The molecule has 1 aliphatic heterocycles. The van der Waals surface area contributed by atoms with Gasteiger partial charge in [-0.3, -0.25) is 28.9 Å². The van der Waals surface area contributed by atoms with Gasteiger partial charge in [0, 0.05) is 52.0 Å². The standard InChI is InChI=1S/C34H56N6O6/c1-5-7-9-13-30(42)37-28(33(44)38-32(25(3)6-2)34(45)36-18-11-8-10-12-29(35)41)23-26-14-16-27(17-15-26)46-31(43)24-40-21-19-39(4)20-22-40/h14-17,25,28,32H,5-13,18-24H2,1-4H3,(H2,35,41)(H,36,45)(H,37,42)(H,38,44). The molecule has 1 aromatic rings. The van der Waals surface area contributed by atoms with Crippen LogP contribution in [0.15, 0.2) is 24.3 Å². The minimum Gasteiger partial charge on any atom is -0.426 e. The van der Waals surface area contributed by atoms with Crippen molar-refractivity contribution in [2.45, 2.75) is 97.1 Å². The van der Waals surface area contributed by atoms with Crippen LogP contribution >= 0.6 is 0 Å². The lowest BCUT2D eigenvalue weighted by atomic mass is 9.97. The number of carbonyl (C=O) groups is 5. The van der Waals surface area contributed by atoms with E-state index in [9.17, 15) is 24.0 Å². The zero-order chi connectivity index (χ0) is 33.9. The lowest BCUT2D eigenvalue weighted by Crippen LogP contribution is -2.56. The minimum atomic E-state index is -0.895. The van der Waals surface area contributed by atoms with Crippen molar-refractivity contribution < 1.29 is 28.7 Å². The molecule has 0 saturated carbocycles. The maximum Gasteiger partial charge on any atom is 0.325 e. The summed E-state index contributed by atoms with van der Waals surface area (Å²) in [6.07, 6.45) is 6.22. The quantitative estimate of drug-likeness (QED) is 0.0899. The molecule has 12 nitrogen and oxygen atoms in total. The van der Waals surface area contributed by atoms with Crippen LogP contribution in [-0.2, 0) is 30.4 Å². The van der Waals surface area contributed by atoms with Gasteiger partial charge in [-0.15, -0.1) is 0 Å². The van der Waals surface area contributed by atoms with Crippen molar-refractivity contribution in [1.29, 1.82) is 0 Å². The van der Waals surface area contributed by atoms with Crippen LogP contribution in [0.1, 0.15) is 84.1 Å². The number of likely N-dealkylation sites (N-methyl/N-ethyl adjacent to an activating group) is 1. The number of unbranched alkanes of at least 4 members (excludes halogenated alkanes) is 4. The summed E-state index contributed by atoms with van der Waals surface area (Å²) in [5, 5.41) is 8.68. The summed E-state index contributed by atoms with van der Waals surface area (Å²) in [6, 6.07) is 5.26. The van der Waals surface area contributed by atoms with E-state index in [2.05, 4.69) is 39.7 Å². The number of nitrogens with zero attached hydrogens (tertiary/aromatic N) is 2. The number of esters is 1. The molecule has 5 N–H and O–H groups in total. The summed E-state index contributed by atoms with van der Waals surface area (Å²) in [5.41, 5.74) is 5.96. The van der Waals surface area contributed by atoms with Gasteiger partial charge in [0.15, 0.2) is 0 Å². The van der Waals surface area contributed by atoms with Gasteiger partial charge >= 0.3 is 5.97 Å². The molecular formula is C34H56N6O6. The van der Waals surface area contributed by atoms with E-state index < -0.39 is 18.0 Å². The van der Waals surface area contributed by atoms with Crippen molar-refractivity contribution in [3.63, 3.8) is 0 Å². The maximum atomic E-state index is 13.6. The first kappa shape index (κ1) is 38.7. The van der Waals surface area contributed by atoms with Crippen LogP contribution in [0.2, 0.25) is 0 Å². The molecule has 1 heterocycles. The van der Waals surface area contributed by atoms with Crippen LogP contribution in [0.3, 0.4) is 0 Å². The highest BCUT2D eigenvalue weighted by Gasteiger charge is 2.30. The van der Waals surface area contributed by atoms with Crippen molar-refractivity contribution in [3.05, 3.63) is 29.8 Å². The van der Waals surface area contributed by atoms with Crippen molar-refractivity contribution in [2.75, 3.05) is 46.3 Å². The Hall–Kier alpha value is -3.51. The molecule has 46 heavy (non-hydrogen) atoms. The number of nitrogens with one attached hydrogen (secondary N) is 3. The Morgan fingerprint density at radius 1 is 0.870 bits per heavy atom. The number of ether oxygens (including phenoxy) is 1. The molecule has 2 rings (SSSR count). The Balaban J connectivity index is 2.04. The predicted molar refractivity (Wildman–Crippen MR) is 178 cm³/mol. The molecule has 1 aromatic carbocycles. The molecule has 1 aliphatic rings. The largest absolute Gasteiger partial charge is 0.426 e. The molecule has 258 valence electrons. The number of carbonyl (C=O) groups excluding carboxylic acids is 5. The fourth-order valence-electron chi connectivity index (χ4n) is 5.17. The highest BCUT2D eigenvalue weighted by atomic mass is 16.5. The lowest BCUT2D eigenvalue weighted by Gasteiger charge is -2.31. The third-order valence-corrected chi connectivity index (χ3v) is 8.39. The summed E-state index contributed by atoms with van der Waals surface area (Å²) in [5.74, 6) is -1.33. The fourth-order valence-corrected chi connectivity index (χ4v) is 5.17. The Morgan fingerprint density at radius 2 is 1.54 bits per heavy atom. The van der Waals surface area contributed by atoms with Crippen LogP contribution < -0.4 is 26.4 Å². The Bertz CT molecular complexity index is 1110. The molecule has 0 aromatic heterocycles. The van der Waals surface area contributed by atoms with Crippen LogP contribution in [0.25, 0.3) is 0 Å². The molecule has 0 bridgehead atoms. The van der Waals surface area contributed by atoms with E-state index in [0.717, 1.165) is 57.4 Å². The van der Waals surface area contributed by atoms with E-state index in [0.29, 0.717) is 44.4 Å². The van der Waals surface area contributed by atoms with Crippen molar-refractivity contribution in [3.8, 4) is 5.75 Å². The summed E-state index contributed by atoms with van der Waals surface area (Å²) in [7, 11) is 2.06. The average molecular weight is 645 g/mol. The highest BCUT2D eigenvalue weighted by Crippen LogP contribution is 2.16.